The molecule has 0 unspecified atom stereocenters. The zero-order chi connectivity index (χ0) is 14.8. The van der Waals surface area contributed by atoms with Crippen LogP contribution in [0.3, 0.4) is 0 Å². The van der Waals surface area contributed by atoms with Gasteiger partial charge in [-0.3, -0.25) is 4.79 Å². The third kappa shape index (κ3) is 1.51. The van der Waals surface area contributed by atoms with E-state index in [4.69, 9.17) is 4.74 Å². The predicted molar refractivity (Wildman–Crippen MR) is 78.6 cm³/mol. The van der Waals surface area contributed by atoms with Crippen molar-refractivity contribution in [3.05, 3.63) is 23.8 Å². The summed E-state index contributed by atoms with van der Waals surface area (Å²) < 4.78 is 5.29. The van der Waals surface area contributed by atoms with Gasteiger partial charge in [0.25, 0.3) is 0 Å². The first-order chi connectivity index (χ1) is 10.1. The lowest BCUT2D eigenvalue weighted by atomic mass is 9.65. The van der Waals surface area contributed by atoms with Gasteiger partial charge < -0.3 is 14.7 Å². The highest BCUT2D eigenvalue weighted by Crippen LogP contribution is 2.61. The molecule has 0 amide bonds. The second-order valence-electron chi connectivity index (χ2n) is 6.81. The normalized spacial score (nSPS) is 38.0. The first-order valence-corrected chi connectivity index (χ1v) is 7.68. The summed E-state index contributed by atoms with van der Waals surface area (Å²) in [6, 6.07) is 6.05. The van der Waals surface area contributed by atoms with E-state index in [1.54, 1.807) is 13.2 Å². The Hall–Kier alpha value is -1.55. The first kappa shape index (κ1) is 13.1. The van der Waals surface area contributed by atoms with E-state index in [1.807, 2.05) is 12.1 Å². The van der Waals surface area contributed by atoms with Crippen LogP contribution in [0.1, 0.15) is 24.8 Å². The Balaban J connectivity index is 1.84. The highest BCUT2D eigenvalue weighted by molar-refractivity contribution is 5.86. The topological polar surface area (TPSA) is 49.8 Å². The number of nitrogens with zero attached hydrogens (tertiary/aromatic N) is 1. The fourth-order valence-electron chi connectivity index (χ4n) is 5.28. The van der Waals surface area contributed by atoms with Crippen molar-refractivity contribution in [2.75, 3.05) is 20.7 Å². The number of Topliss-reactive ketones (excluding diaryl/α,β-unsaturated/α-hetero) is 1. The third-order valence-electron chi connectivity index (χ3n) is 6.11. The number of hydrogen-bond acceptors (Lipinski definition) is 4. The number of phenols is 1. The van der Waals surface area contributed by atoms with Gasteiger partial charge in [-0.2, -0.15) is 0 Å². The van der Waals surface area contributed by atoms with E-state index in [-0.39, 0.29) is 17.1 Å². The molecule has 1 heterocycles. The van der Waals surface area contributed by atoms with E-state index < -0.39 is 0 Å². The summed E-state index contributed by atoms with van der Waals surface area (Å²) in [5.41, 5.74) is 1.29. The van der Waals surface area contributed by atoms with Crippen LogP contribution in [0, 0.1) is 11.8 Å². The second-order valence-corrected chi connectivity index (χ2v) is 6.81. The number of ketones is 1. The summed E-state index contributed by atoms with van der Waals surface area (Å²) in [4.78, 5) is 14.5. The van der Waals surface area contributed by atoms with Gasteiger partial charge in [-0.05, 0) is 50.0 Å². The molecule has 0 aromatic heterocycles. The largest absolute Gasteiger partial charge is 0.504 e. The molecular weight excluding hydrogens is 266 g/mol. The van der Waals surface area contributed by atoms with Crippen molar-refractivity contribution in [1.29, 1.82) is 0 Å². The van der Waals surface area contributed by atoms with Gasteiger partial charge in [0.1, 0.15) is 5.78 Å². The van der Waals surface area contributed by atoms with Crippen LogP contribution in [-0.4, -0.2) is 42.5 Å². The molecular formula is C17H21NO3. The summed E-state index contributed by atoms with van der Waals surface area (Å²) >= 11 is 0. The van der Waals surface area contributed by atoms with Crippen LogP contribution < -0.4 is 4.74 Å². The molecule has 1 aromatic rings. The average molecular weight is 287 g/mol. The molecule has 4 rings (SSSR count). The van der Waals surface area contributed by atoms with Gasteiger partial charge in [0.15, 0.2) is 11.5 Å². The smallest absolute Gasteiger partial charge is 0.160 e. The zero-order valence-electron chi connectivity index (χ0n) is 12.5. The number of ether oxygens (including phenoxy) is 1. The monoisotopic (exact) mass is 287 g/mol. The minimum atomic E-state index is 0.0638. The van der Waals surface area contributed by atoms with Gasteiger partial charge >= 0.3 is 0 Å². The molecule has 2 saturated carbocycles. The van der Waals surface area contributed by atoms with Crippen molar-refractivity contribution in [3.63, 3.8) is 0 Å². The fraction of sp³-hybridized carbons (Fsp3) is 0.588. The van der Waals surface area contributed by atoms with Crippen molar-refractivity contribution in [2.24, 2.45) is 11.8 Å². The van der Waals surface area contributed by atoms with Gasteiger partial charge in [-0.15, -0.1) is 0 Å². The van der Waals surface area contributed by atoms with Crippen molar-refractivity contribution in [3.8, 4) is 11.5 Å². The minimum Gasteiger partial charge on any atom is -0.504 e. The predicted octanol–water partition coefficient (Wildman–Crippen LogP) is 1.95. The maximum absolute atomic E-state index is 12.2. The van der Waals surface area contributed by atoms with Crippen molar-refractivity contribution < 1.29 is 14.6 Å². The van der Waals surface area contributed by atoms with Gasteiger partial charge in [-0.1, -0.05) is 6.07 Å². The van der Waals surface area contributed by atoms with Crippen LogP contribution in [0.25, 0.3) is 0 Å². The number of hydrogen-bond donors (Lipinski definition) is 1. The Morgan fingerprint density at radius 3 is 3.00 bits per heavy atom. The van der Waals surface area contributed by atoms with Crippen molar-refractivity contribution in [2.45, 2.75) is 30.7 Å². The van der Waals surface area contributed by atoms with Crippen LogP contribution in [-0.2, 0) is 10.2 Å². The molecule has 0 spiro atoms. The number of likely N-dealkylation sites (N-methyl/N-ethyl adjacent to an activating group) is 1. The molecule has 1 saturated heterocycles. The number of benzene rings is 1. The quantitative estimate of drug-likeness (QED) is 0.903. The fourth-order valence-corrected chi connectivity index (χ4v) is 5.28. The summed E-state index contributed by atoms with van der Waals surface area (Å²) in [6.45, 7) is 1.04. The molecule has 3 aliphatic rings. The summed E-state index contributed by atoms with van der Waals surface area (Å²) in [5, 5.41) is 9.85. The summed E-state index contributed by atoms with van der Waals surface area (Å²) in [6.07, 6.45) is 2.84. The van der Waals surface area contributed by atoms with Crippen molar-refractivity contribution >= 4 is 5.78 Å². The average Bonchev–Trinajstić information content (AvgIpc) is 3.10. The van der Waals surface area contributed by atoms with Crippen LogP contribution in [0.2, 0.25) is 0 Å². The van der Waals surface area contributed by atoms with E-state index in [0.717, 1.165) is 25.8 Å². The number of methoxy groups -OCH3 is 1. The maximum Gasteiger partial charge on any atom is 0.160 e. The van der Waals surface area contributed by atoms with Gasteiger partial charge in [0, 0.05) is 23.8 Å². The Morgan fingerprint density at radius 1 is 1.43 bits per heavy atom. The maximum atomic E-state index is 12.2. The summed E-state index contributed by atoms with van der Waals surface area (Å²) in [7, 11) is 3.72. The number of carbonyl (C=O) groups excluding carboxylic acids is 1. The Kier molecular flexibility index (Phi) is 2.65. The van der Waals surface area contributed by atoms with Crippen LogP contribution in [0.5, 0.6) is 11.5 Å². The highest BCUT2D eigenvalue weighted by atomic mass is 16.5. The van der Waals surface area contributed by atoms with Gasteiger partial charge in [0.05, 0.1) is 7.11 Å². The molecule has 4 heteroatoms. The molecule has 2 bridgehead atoms. The Bertz CT molecular complexity index is 614. The van der Waals surface area contributed by atoms with E-state index in [0.29, 0.717) is 23.5 Å². The number of fused-ring (bicyclic) bond motifs is 5. The number of aromatic hydroxyl groups is 1. The zero-order valence-corrected chi connectivity index (χ0v) is 12.5. The van der Waals surface area contributed by atoms with E-state index in [2.05, 4.69) is 11.9 Å². The van der Waals surface area contributed by atoms with E-state index in [1.165, 1.54) is 5.56 Å². The molecule has 1 aliphatic heterocycles. The Morgan fingerprint density at radius 2 is 2.24 bits per heavy atom. The molecule has 2 aliphatic carbocycles. The van der Waals surface area contributed by atoms with E-state index >= 15 is 0 Å². The van der Waals surface area contributed by atoms with E-state index in [9.17, 15) is 9.90 Å². The lowest BCUT2D eigenvalue weighted by molar-refractivity contribution is -0.124. The van der Waals surface area contributed by atoms with Crippen LogP contribution >= 0.6 is 0 Å². The number of carbonyl (C=O) groups is 1. The number of rotatable bonds is 2. The SMILES string of the molecule is COc1cc([C@@]23CCN(C)[C@@H]2[C@@H]2C[C@H]3CC2=O)ccc1O. The first-order valence-electron chi connectivity index (χ1n) is 7.68. The minimum absolute atomic E-state index is 0.0638. The molecule has 21 heavy (non-hydrogen) atoms. The molecule has 4 nitrogen and oxygen atoms in total. The van der Waals surface area contributed by atoms with Crippen LogP contribution in [0.15, 0.2) is 18.2 Å². The Labute approximate surface area is 124 Å². The van der Waals surface area contributed by atoms with Gasteiger partial charge in [-0.25, -0.2) is 0 Å². The molecule has 3 fully saturated rings. The summed E-state index contributed by atoms with van der Waals surface area (Å²) in [5.74, 6) is 1.80. The standard InChI is InChI=1S/C17H21NO3/c1-18-6-5-17(10-3-4-13(19)15(9-10)21-2)11-7-12(16(17)18)14(20)8-11/h3-4,9,11-12,16,19H,5-8H2,1-2H3/t11-,12+,16+,17+/m0/s1. The lowest BCUT2D eigenvalue weighted by Gasteiger charge is -2.41. The molecule has 112 valence electrons. The number of likely N-dealkylation sites (tertiary alicyclic amines) is 1. The molecule has 4 atom stereocenters. The lowest BCUT2D eigenvalue weighted by Crippen LogP contribution is -2.48. The van der Waals surface area contributed by atoms with Crippen LogP contribution in [0.4, 0.5) is 0 Å². The molecule has 0 radical (unpaired) electrons. The molecule has 1 N–H and O–H groups in total. The van der Waals surface area contributed by atoms with Gasteiger partial charge in [0.2, 0.25) is 0 Å². The number of phenolic OH excluding ortho intramolecular Hbond substituents is 1. The second kappa shape index (κ2) is 4.23. The highest BCUT2D eigenvalue weighted by Gasteiger charge is 2.65. The molecule has 1 aromatic carbocycles. The van der Waals surface area contributed by atoms with Crippen molar-refractivity contribution in [1.82, 2.24) is 4.90 Å². The third-order valence-corrected chi connectivity index (χ3v) is 6.11.